The van der Waals surface area contributed by atoms with E-state index in [0.717, 1.165) is 37.1 Å². The van der Waals surface area contributed by atoms with Crippen LogP contribution >= 0.6 is 11.3 Å². The van der Waals surface area contributed by atoms with Gasteiger partial charge in [-0.3, -0.25) is 4.79 Å². The zero-order chi connectivity index (χ0) is 13.8. The lowest BCUT2D eigenvalue weighted by Crippen LogP contribution is -2.35. The van der Waals surface area contributed by atoms with Crippen LogP contribution in [0.4, 0.5) is 0 Å². The van der Waals surface area contributed by atoms with Gasteiger partial charge < -0.3 is 15.1 Å². The molecule has 0 bridgehead atoms. The molecule has 1 aromatic heterocycles. The summed E-state index contributed by atoms with van der Waals surface area (Å²) in [4.78, 5) is 25.6. The zero-order valence-electron chi connectivity index (χ0n) is 10.5. The second-order valence-corrected chi connectivity index (χ2v) is 5.71. The highest BCUT2D eigenvalue weighted by atomic mass is 32.1. The van der Waals surface area contributed by atoms with Gasteiger partial charge in [0.1, 0.15) is 4.88 Å². The van der Waals surface area contributed by atoms with Gasteiger partial charge in [0.05, 0.1) is 4.88 Å². The van der Waals surface area contributed by atoms with Crippen LogP contribution in [0.25, 0.3) is 0 Å². The molecule has 5 nitrogen and oxygen atoms in total. The van der Waals surface area contributed by atoms with Crippen LogP contribution < -0.4 is 0 Å². The van der Waals surface area contributed by atoms with Crippen molar-refractivity contribution in [1.82, 2.24) is 4.90 Å². The van der Waals surface area contributed by atoms with Crippen LogP contribution in [0.2, 0.25) is 0 Å². The molecule has 0 radical (unpaired) electrons. The third-order valence-corrected chi connectivity index (χ3v) is 4.42. The largest absolute Gasteiger partial charge is 0.477 e. The Hall–Kier alpha value is -1.40. The van der Waals surface area contributed by atoms with Gasteiger partial charge in [-0.05, 0) is 37.8 Å². The number of carbonyl (C=O) groups is 2. The van der Waals surface area contributed by atoms with E-state index in [2.05, 4.69) is 0 Å². The maximum absolute atomic E-state index is 12.3. The number of rotatable bonds is 5. The van der Waals surface area contributed by atoms with Crippen molar-refractivity contribution in [2.45, 2.75) is 31.7 Å². The monoisotopic (exact) mass is 283 g/mol. The van der Waals surface area contributed by atoms with E-state index < -0.39 is 5.97 Å². The first kappa shape index (κ1) is 14.0. The van der Waals surface area contributed by atoms with Crippen molar-refractivity contribution >= 4 is 23.2 Å². The van der Waals surface area contributed by atoms with E-state index in [9.17, 15) is 9.59 Å². The van der Waals surface area contributed by atoms with Gasteiger partial charge in [-0.2, -0.15) is 0 Å². The molecule has 19 heavy (non-hydrogen) atoms. The van der Waals surface area contributed by atoms with Crippen molar-refractivity contribution < 1.29 is 19.8 Å². The van der Waals surface area contributed by atoms with Crippen molar-refractivity contribution in [2.75, 3.05) is 13.2 Å². The maximum atomic E-state index is 12.3. The molecule has 1 amide bonds. The zero-order valence-corrected chi connectivity index (χ0v) is 11.4. The first-order valence-electron chi connectivity index (χ1n) is 6.38. The Morgan fingerprint density at radius 3 is 2.74 bits per heavy atom. The van der Waals surface area contributed by atoms with Gasteiger partial charge in [-0.15, -0.1) is 11.3 Å². The molecule has 104 valence electrons. The second-order valence-electron chi connectivity index (χ2n) is 4.63. The van der Waals surface area contributed by atoms with E-state index in [1.54, 1.807) is 6.07 Å². The Labute approximate surface area is 115 Å². The fourth-order valence-electron chi connectivity index (χ4n) is 2.44. The van der Waals surface area contributed by atoms with Gasteiger partial charge >= 0.3 is 5.97 Å². The number of aromatic carboxylic acids is 1. The van der Waals surface area contributed by atoms with E-state index in [4.69, 9.17) is 10.2 Å². The minimum atomic E-state index is -0.998. The molecule has 1 aliphatic heterocycles. The molecule has 2 rings (SSSR count). The molecular formula is C13H17NO4S. The lowest BCUT2D eigenvalue weighted by atomic mass is 10.1. The Balaban J connectivity index is 2.07. The fourth-order valence-corrected chi connectivity index (χ4v) is 3.24. The summed E-state index contributed by atoms with van der Waals surface area (Å²) in [6, 6.07) is 3.23. The number of aliphatic hydroxyl groups excluding tert-OH is 1. The first-order valence-corrected chi connectivity index (χ1v) is 7.20. The third kappa shape index (κ3) is 3.13. The van der Waals surface area contributed by atoms with Crippen molar-refractivity contribution in [3.05, 3.63) is 21.9 Å². The third-order valence-electron chi connectivity index (χ3n) is 3.36. The van der Waals surface area contributed by atoms with Crippen molar-refractivity contribution in [1.29, 1.82) is 0 Å². The van der Waals surface area contributed by atoms with Crippen LogP contribution in [0.15, 0.2) is 12.1 Å². The SMILES string of the molecule is O=C(O)c1ccc(C(=O)N2CCCC2CCCO)s1. The van der Waals surface area contributed by atoms with Gasteiger partial charge in [-0.25, -0.2) is 4.79 Å². The number of likely N-dealkylation sites (tertiary alicyclic amines) is 1. The van der Waals surface area contributed by atoms with Gasteiger partial charge in [0.25, 0.3) is 5.91 Å². The van der Waals surface area contributed by atoms with Crippen molar-refractivity contribution in [3.8, 4) is 0 Å². The normalized spacial score (nSPS) is 18.8. The minimum Gasteiger partial charge on any atom is -0.477 e. The Morgan fingerprint density at radius 2 is 2.11 bits per heavy atom. The maximum Gasteiger partial charge on any atom is 0.345 e. The van der Waals surface area contributed by atoms with E-state index >= 15 is 0 Å². The molecular weight excluding hydrogens is 266 g/mol. The number of carboxylic acid groups (broad SMARTS) is 1. The number of hydrogen-bond acceptors (Lipinski definition) is 4. The number of hydrogen-bond donors (Lipinski definition) is 2. The summed E-state index contributed by atoms with van der Waals surface area (Å²) in [5, 5.41) is 17.7. The predicted molar refractivity (Wildman–Crippen MR) is 71.7 cm³/mol. The molecule has 1 atom stereocenters. The Morgan fingerprint density at radius 1 is 1.37 bits per heavy atom. The quantitative estimate of drug-likeness (QED) is 0.864. The highest BCUT2D eigenvalue weighted by Crippen LogP contribution is 2.26. The average molecular weight is 283 g/mol. The van der Waals surface area contributed by atoms with Crippen molar-refractivity contribution in [2.24, 2.45) is 0 Å². The summed E-state index contributed by atoms with van der Waals surface area (Å²) in [7, 11) is 0. The van der Waals surface area contributed by atoms with Crippen LogP contribution in [0.5, 0.6) is 0 Å². The summed E-state index contributed by atoms with van der Waals surface area (Å²) < 4.78 is 0. The summed E-state index contributed by atoms with van der Waals surface area (Å²) in [6.45, 7) is 0.857. The summed E-state index contributed by atoms with van der Waals surface area (Å²) >= 11 is 1.02. The highest BCUT2D eigenvalue weighted by molar-refractivity contribution is 7.15. The average Bonchev–Trinajstić information content (AvgIpc) is 3.04. The number of amides is 1. The molecule has 0 aliphatic carbocycles. The first-order chi connectivity index (χ1) is 9.13. The molecule has 1 saturated heterocycles. The number of thiophene rings is 1. The minimum absolute atomic E-state index is 0.0852. The molecule has 6 heteroatoms. The topological polar surface area (TPSA) is 77.8 Å². The Kier molecular flexibility index (Phi) is 4.55. The van der Waals surface area contributed by atoms with Crippen LogP contribution in [-0.2, 0) is 0 Å². The number of carboxylic acids is 1. The second kappa shape index (κ2) is 6.16. The molecule has 2 heterocycles. The Bertz CT molecular complexity index is 471. The van der Waals surface area contributed by atoms with Gasteiger partial charge in [0.2, 0.25) is 0 Å². The fraction of sp³-hybridized carbons (Fsp3) is 0.538. The molecule has 1 fully saturated rings. The lowest BCUT2D eigenvalue weighted by molar-refractivity contribution is 0.0700. The van der Waals surface area contributed by atoms with E-state index in [1.165, 1.54) is 6.07 Å². The number of carbonyl (C=O) groups excluding carboxylic acids is 1. The lowest BCUT2D eigenvalue weighted by Gasteiger charge is -2.23. The summed E-state index contributed by atoms with van der Waals surface area (Å²) in [5.41, 5.74) is 0. The number of aliphatic hydroxyl groups is 1. The van der Waals surface area contributed by atoms with E-state index in [-0.39, 0.29) is 23.4 Å². The van der Waals surface area contributed by atoms with Crippen LogP contribution in [0.3, 0.4) is 0 Å². The molecule has 1 aromatic rings. The molecule has 0 aromatic carbocycles. The molecule has 0 spiro atoms. The van der Waals surface area contributed by atoms with Crippen LogP contribution in [-0.4, -0.2) is 46.2 Å². The van der Waals surface area contributed by atoms with Crippen LogP contribution in [0.1, 0.15) is 45.0 Å². The molecule has 0 saturated carbocycles. The van der Waals surface area contributed by atoms with Crippen molar-refractivity contribution in [3.63, 3.8) is 0 Å². The van der Waals surface area contributed by atoms with Crippen LogP contribution in [0, 0.1) is 0 Å². The predicted octanol–water partition coefficient (Wildman–Crippen LogP) is 1.82. The highest BCUT2D eigenvalue weighted by Gasteiger charge is 2.29. The summed E-state index contributed by atoms with van der Waals surface area (Å²) in [6.07, 6.45) is 3.43. The standard InChI is InChI=1S/C13H17NO4S/c15-8-2-4-9-3-1-7-14(9)12(16)10-5-6-11(19-10)13(17)18/h5-6,9,15H,1-4,7-8H2,(H,17,18). The molecule has 1 aliphatic rings. The molecule has 2 N–H and O–H groups in total. The molecule has 1 unspecified atom stereocenters. The number of nitrogens with zero attached hydrogens (tertiary/aromatic N) is 1. The smallest absolute Gasteiger partial charge is 0.345 e. The van der Waals surface area contributed by atoms with Gasteiger partial charge in [0.15, 0.2) is 0 Å². The van der Waals surface area contributed by atoms with E-state index in [0.29, 0.717) is 11.3 Å². The van der Waals surface area contributed by atoms with Gasteiger partial charge in [-0.1, -0.05) is 0 Å². The summed E-state index contributed by atoms with van der Waals surface area (Å²) in [5.74, 6) is -1.08. The van der Waals surface area contributed by atoms with Gasteiger partial charge in [0, 0.05) is 19.2 Å². The van der Waals surface area contributed by atoms with E-state index in [1.807, 2.05) is 4.90 Å².